The van der Waals surface area contributed by atoms with E-state index in [0.29, 0.717) is 6.42 Å². The second kappa shape index (κ2) is 6.87. The smallest absolute Gasteiger partial charge is 0.211 e. The second-order valence-electron chi connectivity index (χ2n) is 4.39. The summed E-state index contributed by atoms with van der Waals surface area (Å²) in [6.45, 7) is 3.86. The van der Waals surface area contributed by atoms with Crippen LogP contribution in [0.2, 0.25) is 0 Å². The monoisotopic (exact) mass is 271 g/mol. The molecule has 0 spiro atoms. The highest BCUT2D eigenvalue weighted by Gasteiger charge is 2.14. The highest BCUT2D eigenvalue weighted by molar-refractivity contribution is 7.89. The SMILES string of the molecule is CCCCS(=O)(=O)NCC(O)c1ccccc1C. The van der Waals surface area contributed by atoms with E-state index in [1.165, 1.54) is 0 Å². The minimum atomic E-state index is -3.27. The molecule has 2 N–H and O–H groups in total. The fourth-order valence-corrected chi connectivity index (χ4v) is 2.91. The molecule has 0 bridgehead atoms. The average molecular weight is 271 g/mol. The summed E-state index contributed by atoms with van der Waals surface area (Å²) in [6, 6.07) is 7.42. The maximum atomic E-state index is 11.6. The minimum Gasteiger partial charge on any atom is -0.387 e. The molecule has 0 aliphatic heterocycles. The summed E-state index contributed by atoms with van der Waals surface area (Å²) in [5, 5.41) is 9.96. The Hall–Kier alpha value is -0.910. The van der Waals surface area contributed by atoms with Crippen molar-refractivity contribution in [3.8, 4) is 0 Å². The van der Waals surface area contributed by atoms with Crippen LogP contribution in [0.5, 0.6) is 0 Å². The van der Waals surface area contributed by atoms with Gasteiger partial charge in [0.05, 0.1) is 11.9 Å². The number of aliphatic hydroxyl groups is 1. The van der Waals surface area contributed by atoms with Crippen molar-refractivity contribution in [2.75, 3.05) is 12.3 Å². The lowest BCUT2D eigenvalue weighted by molar-refractivity contribution is 0.181. The molecule has 0 saturated carbocycles. The van der Waals surface area contributed by atoms with E-state index in [-0.39, 0.29) is 12.3 Å². The van der Waals surface area contributed by atoms with Crippen LogP contribution in [0, 0.1) is 6.92 Å². The zero-order valence-corrected chi connectivity index (χ0v) is 11.7. The summed E-state index contributed by atoms with van der Waals surface area (Å²) in [4.78, 5) is 0. The Morgan fingerprint density at radius 2 is 2.00 bits per heavy atom. The standard InChI is InChI=1S/C13H21NO3S/c1-3-4-9-18(16,17)14-10-13(15)12-8-6-5-7-11(12)2/h5-8,13-15H,3-4,9-10H2,1-2H3. The normalized spacial score (nSPS) is 13.5. The molecule has 102 valence electrons. The van der Waals surface area contributed by atoms with Crippen molar-refractivity contribution >= 4 is 10.0 Å². The topological polar surface area (TPSA) is 66.4 Å². The molecule has 1 rings (SSSR count). The van der Waals surface area contributed by atoms with Gasteiger partial charge in [0.1, 0.15) is 0 Å². The first kappa shape index (κ1) is 15.1. The number of aliphatic hydroxyl groups excluding tert-OH is 1. The number of benzene rings is 1. The van der Waals surface area contributed by atoms with Gasteiger partial charge in [-0.05, 0) is 24.5 Å². The molecule has 0 radical (unpaired) electrons. The first-order valence-corrected chi connectivity index (χ1v) is 7.82. The molecular weight excluding hydrogens is 250 g/mol. The van der Waals surface area contributed by atoms with Crippen LogP contribution in [0.1, 0.15) is 37.0 Å². The molecule has 0 aromatic heterocycles. The van der Waals surface area contributed by atoms with Gasteiger partial charge in [-0.15, -0.1) is 0 Å². The Balaban J connectivity index is 2.56. The lowest BCUT2D eigenvalue weighted by atomic mass is 10.0. The zero-order valence-electron chi connectivity index (χ0n) is 10.9. The molecule has 0 saturated heterocycles. The molecule has 1 unspecified atom stereocenters. The predicted molar refractivity (Wildman–Crippen MR) is 72.8 cm³/mol. The fraction of sp³-hybridized carbons (Fsp3) is 0.538. The summed E-state index contributed by atoms with van der Waals surface area (Å²) < 4.78 is 25.6. The number of rotatable bonds is 7. The Bertz CT molecular complexity index is 471. The van der Waals surface area contributed by atoms with E-state index in [1.807, 2.05) is 32.0 Å². The third kappa shape index (κ3) is 4.76. The highest BCUT2D eigenvalue weighted by Crippen LogP contribution is 2.16. The van der Waals surface area contributed by atoms with E-state index in [2.05, 4.69) is 4.72 Å². The predicted octanol–water partition coefficient (Wildman–Crippen LogP) is 1.75. The quantitative estimate of drug-likeness (QED) is 0.794. The summed E-state index contributed by atoms with van der Waals surface area (Å²) >= 11 is 0. The highest BCUT2D eigenvalue weighted by atomic mass is 32.2. The van der Waals surface area contributed by atoms with E-state index in [0.717, 1.165) is 17.5 Å². The van der Waals surface area contributed by atoms with E-state index in [9.17, 15) is 13.5 Å². The molecule has 0 fully saturated rings. The fourth-order valence-electron chi connectivity index (χ4n) is 1.68. The molecule has 0 amide bonds. The van der Waals surface area contributed by atoms with Crippen LogP contribution in [0.4, 0.5) is 0 Å². The molecule has 18 heavy (non-hydrogen) atoms. The molecular formula is C13H21NO3S. The number of sulfonamides is 1. The van der Waals surface area contributed by atoms with Gasteiger partial charge in [0.25, 0.3) is 0 Å². The lowest BCUT2D eigenvalue weighted by Crippen LogP contribution is -2.30. The number of unbranched alkanes of at least 4 members (excludes halogenated alkanes) is 1. The van der Waals surface area contributed by atoms with Gasteiger partial charge in [-0.2, -0.15) is 0 Å². The minimum absolute atomic E-state index is 0.0247. The molecule has 4 nitrogen and oxygen atoms in total. The van der Waals surface area contributed by atoms with Gasteiger partial charge in [-0.25, -0.2) is 13.1 Å². The number of hydrogen-bond donors (Lipinski definition) is 2. The van der Waals surface area contributed by atoms with E-state index >= 15 is 0 Å². The van der Waals surface area contributed by atoms with Gasteiger partial charge < -0.3 is 5.11 Å². The van der Waals surface area contributed by atoms with Crippen molar-refractivity contribution in [2.24, 2.45) is 0 Å². The summed E-state index contributed by atoms with van der Waals surface area (Å²) in [7, 11) is -3.27. The van der Waals surface area contributed by atoms with Crippen molar-refractivity contribution in [3.63, 3.8) is 0 Å². The van der Waals surface area contributed by atoms with Gasteiger partial charge in [0.2, 0.25) is 10.0 Å². The molecule has 5 heteroatoms. The summed E-state index contributed by atoms with van der Waals surface area (Å²) in [6.07, 6.45) is 0.666. The maximum Gasteiger partial charge on any atom is 0.211 e. The van der Waals surface area contributed by atoms with Crippen LogP contribution in [0.15, 0.2) is 24.3 Å². The molecule has 0 aliphatic carbocycles. The van der Waals surface area contributed by atoms with Gasteiger partial charge in [-0.3, -0.25) is 0 Å². The number of aryl methyl sites for hydroxylation is 1. The zero-order chi connectivity index (χ0) is 13.6. The number of hydrogen-bond acceptors (Lipinski definition) is 3. The maximum absolute atomic E-state index is 11.6. The van der Waals surface area contributed by atoms with E-state index < -0.39 is 16.1 Å². The van der Waals surface area contributed by atoms with Gasteiger partial charge in [-0.1, -0.05) is 37.6 Å². The van der Waals surface area contributed by atoms with Crippen molar-refractivity contribution in [3.05, 3.63) is 35.4 Å². The molecule has 1 aromatic rings. The Kier molecular flexibility index (Phi) is 5.78. The Morgan fingerprint density at radius 1 is 1.33 bits per heavy atom. The Labute approximate surface area is 109 Å². The van der Waals surface area contributed by atoms with Crippen molar-refractivity contribution in [1.82, 2.24) is 4.72 Å². The van der Waals surface area contributed by atoms with Crippen LogP contribution >= 0.6 is 0 Å². The first-order chi connectivity index (χ1) is 8.46. The van der Waals surface area contributed by atoms with E-state index in [4.69, 9.17) is 0 Å². The second-order valence-corrected chi connectivity index (χ2v) is 6.32. The van der Waals surface area contributed by atoms with Crippen LogP contribution < -0.4 is 4.72 Å². The summed E-state index contributed by atoms with van der Waals surface area (Å²) in [5.74, 6) is 0.115. The lowest BCUT2D eigenvalue weighted by Gasteiger charge is -2.14. The third-order valence-electron chi connectivity index (χ3n) is 2.81. The van der Waals surface area contributed by atoms with Crippen LogP contribution in [-0.4, -0.2) is 25.8 Å². The van der Waals surface area contributed by atoms with Crippen LogP contribution in [0.3, 0.4) is 0 Å². The third-order valence-corrected chi connectivity index (χ3v) is 4.24. The van der Waals surface area contributed by atoms with Gasteiger partial charge in [0.15, 0.2) is 0 Å². The van der Waals surface area contributed by atoms with Gasteiger partial charge in [0, 0.05) is 6.54 Å². The van der Waals surface area contributed by atoms with E-state index in [1.54, 1.807) is 6.07 Å². The Morgan fingerprint density at radius 3 is 2.61 bits per heavy atom. The van der Waals surface area contributed by atoms with Crippen LogP contribution in [-0.2, 0) is 10.0 Å². The number of nitrogens with one attached hydrogen (secondary N) is 1. The summed E-state index contributed by atoms with van der Waals surface area (Å²) in [5.41, 5.74) is 1.72. The first-order valence-electron chi connectivity index (χ1n) is 6.17. The van der Waals surface area contributed by atoms with Crippen LogP contribution in [0.25, 0.3) is 0 Å². The van der Waals surface area contributed by atoms with Crippen molar-refractivity contribution < 1.29 is 13.5 Å². The molecule has 1 aromatic carbocycles. The molecule has 0 heterocycles. The van der Waals surface area contributed by atoms with Crippen molar-refractivity contribution in [1.29, 1.82) is 0 Å². The average Bonchev–Trinajstić information content (AvgIpc) is 2.34. The van der Waals surface area contributed by atoms with Gasteiger partial charge >= 0.3 is 0 Å². The largest absolute Gasteiger partial charge is 0.387 e. The molecule has 0 aliphatic rings. The molecule has 1 atom stereocenters. The van der Waals surface area contributed by atoms with Crippen molar-refractivity contribution in [2.45, 2.75) is 32.8 Å².